The van der Waals surface area contributed by atoms with Gasteiger partial charge in [0.2, 0.25) is 0 Å². The van der Waals surface area contributed by atoms with Crippen LogP contribution in [0.25, 0.3) is 0 Å². The lowest BCUT2D eigenvalue weighted by molar-refractivity contribution is 0.108. The molecule has 1 aliphatic heterocycles. The second-order valence-corrected chi connectivity index (χ2v) is 3.35. The van der Waals surface area contributed by atoms with Crippen molar-refractivity contribution in [2.45, 2.75) is 0 Å². The predicted molar refractivity (Wildman–Crippen MR) is 39.5 cm³/mol. The highest BCUT2D eigenvalue weighted by Crippen LogP contribution is 2.12. The molecule has 1 fully saturated rings. The molecular formula is C7H16N2. The van der Waals surface area contributed by atoms with Crippen LogP contribution in [0.1, 0.15) is 0 Å². The largest absolute Gasteiger partial charge is 0.309 e. The fraction of sp³-hybridized carbons (Fsp3) is 1.00. The van der Waals surface area contributed by atoms with Crippen LogP contribution in [0.2, 0.25) is 0 Å². The van der Waals surface area contributed by atoms with Crippen molar-refractivity contribution in [1.29, 1.82) is 0 Å². The summed E-state index contributed by atoms with van der Waals surface area (Å²) in [6, 6.07) is 0. The molecule has 1 rings (SSSR count). The van der Waals surface area contributed by atoms with E-state index in [0.717, 1.165) is 5.92 Å². The summed E-state index contributed by atoms with van der Waals surface area (Å²) in [4.78, 5) is 4.62. The molecule has 0 saturated carbocycles. The third kappa shape index (κ3) is 1.95. The Balaban J connectivity index is 2.04. The second-order valence-electron chi connectivity index (χ2n) is 3.35. The Morgan fingerprint density at radius 3 is 2.33 bits per heavy atom. The van der Waals surface area contributed by atoms with Crippen molar-refractivity contribution in [3.8, 4) is 0 Å². The van der Waals surface area contributed by atoms with Gasteiger partial charge in [-0.3, -0.25) is 0 Å². The Morgan fingerprint density at radius 2 is 2.00 bits per heavy atom. The molecule has 9 heavy (non-hydrogen) atoms. The van der Waals surface area contributed by atoms with Crippen LogP contribution in [-0.4, -0.2) is 50.6 Å². The van der Waals surface area contributed by atoms with E-state index in [1.807, 2.05) is 0 Å². The molecule has 0 N–H and O–H groups in total. The van der Waals surface area contributed by atoms with Gasteiger partial charge in [-0.1, -0.05) is 0 Å². The maximum atomic E-state index is 2.36. The standard InChI is InChI=1S/C7H16N2/c1-8(2)4-7-5-9(3)6-7/h7H,4-6H2,1-3H3. The summed E-state index contributed by atoms with van der Waals surface area (Å²) in [5.41, 5.74) is 0. The summed E-state index contributed by atoms with van der Waals surface area (Å²) < 4.78 is 0. The molecule has 2 nitrogen and oxygen atoms in total. The van der Waals surface area contributed by atoms with Gasteiger partial charge in [-0.2, -0.15) is 0 Å². The number of hydrogen-bond acceptors (Lipinski definition) is 2. The zero-order valence-corrected chi connectivity index (χ0v) is 6.59. The number of rotatable bonds is 2. The Bertz CT molecular complexity index is 84.9. The first-order valence-electron chi connectivity index (χ1n) is 3.52. The molecule has 0 aromatic heterocycles. The van der Waals surface area contributed by atoms with Crippen molar-refractivity contribution in [3.05, 3.63) is 0 Å². The minimum atomic E-state index is 0.935. The van der Waals surface area contributed by atoms with Crippen LogP contribution in [0.5, 0.6) is 0 Å². The van der Waals surface area contributed by atoms with E-state index in [-0.39, 0.29) is 0 Å². The number of likely N-dealkylation sites (tertiary alicyclic amines) is 1. The Kier molecular flexibility index (Phi) is 2.09. The van der Waals surface area contributed by atoms with E-state index in [1.165, 1.54) is 19.6 Å². The minimum Gasteiger partial charge on any atom is -0.309 e. The van der Waals surface area contributed by atoms with E-state index in [0.29, 0.717) is 0 Å². The van der Waals surface area contributed by atoms with E-state index < -0.39 is 0 Å². The minimum absolute atomic E-state index is 0.935. The maximum Gasteiger partial charge on any atom is 0.00312 e. The molecule has 0 aromatic rings. The van der Waals surface area contributed by atoms with Crippen molar-refractivity contribution in [2.75, 3.05) is 40.8 Å². The van der Waals surface area contributed by atoms with Crippen LogP contribution < -0.4 is 0 Å². The van der Waals surface area contributed by atoms with E-state index in [9.17, 15) is 0 Å². The monoisotopic (exact) mass is 128 g/mol. The van der Waals surface area contributed by atoms with Gasteiger partial charge in [0.1, 0.15) is 0 Å². The first-order chi connectivity index (χ1) is 4.18. The lowest BCUT2D eigenvalue weighted by Crippen LogP contribution is -2.47. The average molecular weight is 128 g/mol. The van der Waals surface area contributed by atoms with Gasteiger partial charge in [0.25, 0.3) is 0 Å². The fourth-order valence-electron chi connectivity index (χ4n) is 1.46. The molecule has 0 aliphatic carbocycles. The normalized spacial score (nSPS) is 22.7. The van der Waals surface area contributed by atoms with Crippen molar-refractivity contribution in [3.63, 3.8) is 0 Å². The van der Waals surface area contributed by atoms with Crippen molar-refractivity contribution >= 4 is 0 Å². The van der Waals surface area contributed by atoms with Crippen LogP contribution in [0.15, 0.2) is 0 Å². The molecule has 0 bridgehead atoms. The molecule has 0 atom stereocenters. The molecule has 0 spiro atoms. The lowest BCUT2D eigenvalue weighted by Gasteiger charge is -2.37. The Morgan fingerprint density at radius 1 is 1.44 bits per heavy atom. The van der Waals surface area contributed by atoms with E-state index >= 15 is 0 Å². The highest BCUT2D eigenvalue weighted by Gasteiger charge is 2.22. The van der Waals surface area contributed by atoms with Crippen LogP contribution >= 0.6 is 0 Å². The smallest absolute Gasteiger partial charge is 0.00312 e. The van der Waals surface area contributed by atoms with Gasteiger partial charge in [0, 0.05) is 19.6 Å². The third-order valence-corrected chi connectivity index (χ3v) is 1.76. The van der Waals surface area contributed by atoms with Crippen LogP contribution in [0.4, 0.5) is 0 Å². The highest BCUT2D eigenvalue weighted by molar-refractivity contribution is 4.77. The topological polar surface area (TPSA) is 6.48 Å². The Labute approximate surface area is 57.4 Å². The molecule has 0 radical (unpaired) electrons. The molecule has 1 saturated heterocycles. The van der Waals surface area contributed by atoms with Gasteiger partial charge >= 0.3 is 0 Å². The van der Waals surface area contributed by atoms with Gasteiger partial charge in [-0.15, -0.1) is 0 Å². The number of hydrogen-bond donors (Lipinski definition) is 0. The third-order valence-electron chi connectivity index (χ3n) is 1.76. The zero-order chi connectivity index (χ0) is 6.85. The summed E-state index contributed by atoms with van der Waals surface area (Å²) in [5.74, 6) is 0.935. The molecule has 2 heteroatoms. The fourth-order valence-corrected chi connectivity index (χ4v) is 1.46. The molecule has 1 aliphatic rings. The van der Waals surface area contributed by atoms with Gasteiger partial charge in [0.05, 0.1) is 0 Å². The summed E-state index contributed by atoms with van der Waals surface area (Å²) in [6.45, 7) is 3.83. The van der Waals surface area contributed by atoms with Gasteiger partial charge < -0.3 is 9.80 Å². The number of nitrogens with zero attached hydrogens (tertiary/aromatic N) is 2. The quantitative estimate of drug-likeness (QED) is 0.521. The first kappa shape index (κ1) is 7.03. The molecule has 0 amide bonds. The summed E-state index contributed by atoms with van der Waals surface area (Å²) in [5, 5.41) is 0. The summed E-state index contributed by atoms with van der Waals surface area (Å²) in [6.07, 6.45) is 0. The Hall–Kier alpha value is -0.0800. The second kappa shape index (κ2) is 2.67. The van der Waals surface area contributed by atoms with Gasteiger partial charge in [-0.25, -0.2) is 0 Å². The highest BCUT2D eigenvalue weighted by atomic mass is 15.2. The summed E-state index contributed by atoms with van der Waals surface area (Å²) >= 11 is 0. The van der Waals surface area contributed by atoms with Crippen molar-refractivity contribution in [2.24, 2.45) is 5.92 Å². The summed E-state index contributed by atoms with van der Waals surface area (Å²) in [7, 11) is 6.45. The van der Waals surface area contributed by atoms with Crippen molar-refractivity contribution < 1.29 is 0 Å². The average Bonchev–Trinajstić information content (AvgIpc) is 1.60. The van der Waals surface area contributed by atoms with Crippen molar-refractivity contribution in [1.82, 2.24) is 9.80 Å². The zero-order valence-electron chi connectivity index (χ0n) is 6.59. The van der Waals surface area contributed by atoms with Gasteiger partial charge in [0.15, 0.2) is 0 Å². The van der Waals surface area contributed by atoms with Crippen LogP contribution in [-0.2, 0) is 0 Å². The SMILES string of the molecule is CN(C)CC1CN(C)C1. The molecule has 54 valence electrons. The molecule has 1 heterocycles. The van der Waals surface area contributed by atoms with E-state index in [2.05, 4.69) is 30.9 Å². The van der Waals surface area contributed by atoms with Gasteiger partial charge in [-0.05, 0) is 27.1 Å². The molecule has 0 unspecified atom stereocenters. The molecular weight excluding hydrogens is 112 g/mol. The predicted octanol–water partition coefficient (Wildman–Crippen LogP) is 0.110. The molecule has 0 aromatic carbocycles. The van der Waals surface area contributed by atoms with E-state index in [1.54, 1.807) is 0 Å². The lowest BCUT2D eigenvalue weighted by atomic mass is 10.0. The van der Waals surface area contributed by atoms with Crippen LogP contribution in [0, 0.1) is 5.92 Å². The first-order valence-corrected chi connectivity index (χ1v) is 3.52. The van der Waals surface area contributed by atoms with E-state index in [4.69, 9.17) is 0 Å². The van der Waals surface area contributed by atoms with Crippen LogP contribution in [0.3, 0.4) is 0 Å². The maximum absolute atomic E-state index is 2.36.